The van der Waals surface area contributed by atoms with Gasteiger partial charge in [0.25, 0.3) is 0 Å². The van der Waals surface area contributed by atoms with Crippen molar-refractivity contribution in [2.24, 2.45) is 5.92 Å². The second-order valence-corrected chi connectivity index (χ2v) is 9.86. The Morgan fingerprint density at radius 1 is 0.471 bits per heavy atom. The van der Waals surface area contributed by atoms with Gasteiger partial charge in [0, 0.05) is 0 Å². The van der Waals surface area contributed by atoms with Gasteiger partial charge in [-0.25, -0.2) is 0 Å². The van der Waals surface area contributed by atoms with E-state index >= 15 is 0 Å². The van der Waals surface area contributed by atoms with Gasteiger partial charge in [0.15, 0.2) is 0 Å². The first kappa shape index (κ1) is 33.8. The molecular weight excluding hydrogens is 432 g/mol. The molecule has 0 saturated heterocycles. The molecule has 0 aliphatic carbocycles. The van der Waals surface area contributed by atoms with Crippen LogP contribution in [0.4, 0.5) is 0 Å². The van der Waals surface area contributed by atoms with Gasteiger partial charge in [-0.2, -0.15) is 0 Å². The molecule has 0 amide bonds. The van der Waals surface area contributed by atoms with Crippen molar-refractivity contribution in [3.05, 3.63) is 0 Å². The van der Waals surface area contributed by atoms with Gasteiger partial charge in [-0.1, -0.05) is 104 Å². The highest BCUT2D eigenvalue weighted by Gasteiger charge is 2.04. The Bertz CT molecular complexity index is 367. The predicted molar refractivity (Wildman–Crippen MR) is 140 cm³/mol. The minimum absolute atomic E-state index is 0.0386. The maximum atomic E-state index is 10.0. The van der Waals surface area contributed by atoms with Crippen molar-refractivity contribution < 1.29 is 29.2 Å². The van der Waals surface area contributed by atoms with E-state index in [2.05, 4.69) is 13.8 Å². The molecule has 1 unspecified atom stereocenters. The summed E-state index contributed by atoms with van der Waals surface area (Å²) in [6.45, 7) is 8.45. The van der Waals surface area contributed by atoms with Gasteiger partial charge < -0.3 is 29.2 Å². The molecule has 206 valence electrons. The first-order chi connectivity index (χ1) is 16.7. The summed E-state index contributed by atoms with van der Waals surface area (Å²) < 4.78 is 21.3. The zero-order valence-electron chi connectivity index (χ0n) is 22.7. The molecule has 6 nitrogen and oxygen atoms in total. The topological polar surface area (TPSA) is 77.4 Å². The summed E-state index contributed by atoms with van der Waals surface area (Å²) in [6.07, 6.45) is 19.4. The van der Waals surface area contributed by atoms with Crippen molar-refractivity contribution in [1.29, 1.82) is 0 Å². The Labute approximate surface area is 211 Å². The minimum Gasteiger partial charge on any atom is -0.394 e. The number of rotatable bonds is 29. The highest BCUT2D eigenvalue weighted by Crippen LogP contribution is 2.15. The first-order valence-electron chi connectivity index (χ1n) is 14.3. The first-order valence-corrected chi connectivity index (χ1v) is 14.3. The van der Waals surface area contributed by atoms with E-state index < -0.39 is 0 Å². The number of aliphatic hydroxyl groups is 2. The van der Waals surface area contributed by atoms with E-state index in [-0.39, 0.29) is 12.7 Å². The Morgan fingerprint density at radius 2 is 0.824 bits per heavy atom. The van der Waals surface area contributed by atoms with E-state index in [0.717, 1.165) is 18.8 Å². The van der Waals surface area contributed by atoms with Crippen LogP contribution in [0, 0.1) is 5.92 Å². The lowest BCUT2D eigenvalue weighted by Gasteiger charge is -2.11. The monoisotopic (exact) mass is 490 g/mol. The molecule has 0 saturated carbocycles. The molecule has 0 heterocycles. The Kier molecular flexibility index (Phi) is 28.8. The third kappa shape index (κ3) is 29.8. The quantitative estimate of drug-likeness (QED) is 0.127. The van der Waals surface area contributed by atoms with Crippen LogP contribution < -0.4 is 0 Å². The molecule has 0 fully saturated rings. The number of hydrogen-bond acceptors (Lipinski definition) is 6. The average molecular weight is 491 g/mol. The fourth-order valence-electron chi connectivity index (χ4n) is 3.90. The molecule has 0 aromatic heterocycles. The lowest BCUT2D eigenvalue weighted by atomic mass is 10.0. The largest absolute Gasteiger partial charge is 0.394 e. The summed E-state index contributed by atoms with van der Waals surface area (Å²) in [4.78, 5) is 0. The van der Waals surface area contributed by atoms with Gasteiger partial charge >= 0.3 is 0 Å². The van der Waals surface area contributed by atoms with Gasteiger partial charge in [0.1, 0.15) is 0 Å². The zero-order valence-corrected chi connectivity index (χ0v) is 22.7. The molecule has 0 rings (SSSR count). The lowest BCUT2D eigenvalue weighted by molar-refractivity contribution is -0.0197. The van der Waals surface area contributed by atoms with Gasteiger partial charge in [-0.3, -0.25) is 0 Å². The van der Waals surface area contributed by atoms with Gasteiger partial charge in [0.05, 0.1) is 65.6 Å². The van der Waals surface area contributed by atoms with Crippen molar-refractivity contribution >= 4 is 0 Å². The average Bonchev–Trinajstić information content (AvgIpc) is 2.82. The molecule has 0 aliphatic rings. The third-order valence-corrected chi connectivity index (χ3v) is 5.98. The van der Waals surface area contributed by atoms with Crippen LogP contribution in [0.15, 0.2) is 0 Å². The number of aliphatic hydroxyl groups excluding tert-OH is 2. The molecule has 0 aromatic rings. The van der Waals surface area contributed by atoms with Crippen molar-refractivity contribution in [2.45, 2.75) is 116 Å². The minimum atomic E-state index is -0.368. The number of unbranched alkanes of at least 4 members (excludes halogenated alkanes) is 12. The van der Waals surface area contributed by atoms with Crippen molar-refractivity contribution in [3.8, 4) is 0 Å². The van der Waals surface area contributed by atoms with E-state index in [0.29, 0.717) is 52.9 Å². The van der Waals surface area contributed by atoms with Crippen LogP contribution in [0.3, 0.4) is 0 Å². The van der Waals surface area contributed by atoms with Gasteiger partial charge in [-0.05, 0) is 12.3 Å². The Morgan fingerprint density at radius 3 is 1.24 bits per heavy atom. The van der Waals surface area contributed by atoms with Gasteiger partial charge in [-0.15, -0.1) is 0 Å². The summed E-state index contributed by atoms with van der Waals surface area (Å²) >= 11 is 0. The van der Waals surface area contributed by atoms with Gasteiger partial charge in [0.2, 0.25) is 0 Å². The molecule has 0 spiro atoms. The normalized spacial score (nSPS) is 12.6. The standard InChI is InChI=1S/C28H58O6/c1-27(2)16-14-12-10-8-6-4-3-5-7-9-11-13-15-17-28(30)26-34-25-24-33-23-22-32-21-20-31-19-18-29/h27-30H,3-26H2,1-2H3. The maximum Gasteiger partial charge on any atom is 0.0773 e. The highest BCUT2D eigenvalue weighted by atomic mass is 16.6. The van der Waals surface area contributed by atoms with E-state index in [1.54, 1.807) is 0 Å². The van der Waals surface area contributed by atoms with E-state index in [4.69, 9.17) is 24.1 Å². The molecular formula is C28H58O6. The van der Waals surface area contributed by atoms with Crippen molar-refractivity contribution in [3.63, 3.8) is 0 Å². The molecule has 2 N–H and O–H groups in total. The summed E-state index contributed by atoms with van der Waals surface area (Å²) in [5, 5.41) is 18.6. The van der Waals surface area contributed by atoms with Crippen LogP contribution in [-0.4, -0.2) is 75.8 Å². The Hall–Kier alpha value is -0.240. The zero-order chi connectivity index (χ0) is 25.0. The fraction of sp³-hybridized carbons (Fsp3) is 1.00. The van der Waals surface area contributed by atoms with Crippen LogP contribution in [0.5, 0.6) is 0 Å². The SMILES string of the molecule is CC(C)CCCCCCCCCCCCCCCC(O)COCCOCCOCCOCCO. The van der Waals surface area contributed by atoms with Crippen LogP contribution in [0.1, 0.15) is 110 Å². The summed E-state index contributed by atoms with van der Waals surface area (Å²) in [6, 6.07) is 0. The summed E-state index contributed by atoms with van der Waals surface area (Å²) in [5.74, 6) is 0.864. The predicted octanol–water partition coefficient (Wildman–Crippen LogP) is 5.91. The van der Waals surface area contributed by atoms with Crippen LogP contribution in [-0.2, 0) is 18.9 Å². The summed E-state index contributed by atoms with van der Waals surface area (Å²) in [7, 11) is 0. The second-order valence-electron chi connectivity index (χ2n) is 9.86. The molecule has 0 radical (unpaired) electrons. The van der Waals surface area contributed by atoms with Crippen LogP contribution in [0.25, 0.3) is 0 Å². The fourth-order valence-corrected chi connectivity index (χ4v) is 3.90. The molecule has 6 heteroatoms. The van der Waals surface area contributed by atoms with Crippen molar-refractivity contribution in [1.82, 2.24) is 0 Å². The second kappa shape index (κ2) is 29.0. The molecule has 34 heavy (non-hydrogen) atoms. The molecule has 0 aromatic carbocycles. The van der Waals surface area contributed by atoms with Crippen molar-refractivity contribution in [2.75, 3.05) is 59.5 Å². The van der Waals surface area contributed by atoms with E-state index in [1.807, 2.05) is 0 Å². The smallest absolute Gasteiger partial charge is 0.0773 e. The summed E-state index contributed by atoms with van der Waals surface area (Å²) in [5.41, 5.74) is 0. The van der Waals surface area contributed by atoms with Crippen LogP contribution in [0.2, 0.25) is 0 Å². The number of hydrogen-bond donors (Lipinski definition) is 2. The Balaban J connectivity index is 3.14. The van der Waals surface area contributed by atoms with E-state index in [9.17, 15) is 5.11 Å². The van der Waals surface area contributed by atoms with E-state index in [1.165, 1.54) is 83.5 Å². The number of ether oxygens (including phenoxy) is 4. The van der Waals surface area contributed by atoms with Crippen LogP contribution >= 0.6 is 0 Å². The molecule has 0 bridgehead atoms. The maximum absolute atomic E-state index is 10.0. The lowest BCUT2D eigenvalue weighted by Crippen LogP contribution is -2.18. The molecule has 0 aliphatic heterocycles. The molecule has 1 atom stereocenters. The third-order valence-electron chi connectivity index (χ3n) is 5.98. The highest BCUT2D eigenvalue weighted by molar-refractivity contribution is 4.56.